The highest BCUT2D eigenvalue weighted by molar-refractivity contribution is 6.31. The van der Waals surface area contributed by atoms with Gasteiger partial charge in [-0.25, -0.2) is 0 Å². The summed E-state index contributed by atoms with van der Waals surface area (Å²) in [5.74, 6) is 0. The molecule has 0 fully saturated rings. The standard InChI is InChI=1S/C20H32ClN/c1-2-3-4-5-6-7-8-9-16-22-19-15-11-13-17-12-10-14-18(21)20(17)19/h10,12,14,19,22H,2-9,11,13,15-16H2,1H3/t19-/m1/s1. The zero-order valence-electron chi connectivity index (χ0n) is 14.2. The number of rotatable bonds is 10. The first kappa shape index (κ1) is 17.8. The van der Waals surface area contributed by atoms with E-state index in [9.17, 15) is 0 Å². The third-order valence-corrected chi connectivity index (χ3v) is 5.18. The van der Waals surface area contributed by atoms with E-state index in [-0.39, 0.29) is 0 Å². The van der Waals surface area contributed by atoms with Crippen LogP contribution in [-0.2, 0) is 6.42 Å². The molecule has 0 radical (unpaired) electrons. The summed E-state index contributed by atoms with van der Waals surface area (Å²) in [6.45, 7) is 3.41. The minimum Gasteiger partial charge on any atom is -0.310 e. The third kappa shape index (κ3) is 5.59. The van der Waals surface area contributed by atoms with Crippen molar-refractivity contribution in [3.8, 4) is 0 Å². The molecule has 0 bridgehead atoms. The van der Waals surface area contributed by atoms with Crippen LogP contribution in [0, 0.1) is 0 Å². The van der Waals surface area contributed by atoms with Crippen LogP contribution in [-0.4, -0.2) is 6.54 Å². The maximum atomic E-state index is 6.42. The molecular weight excluding hydrogens is 290 g/mol. The molecule has 0 heterocycles. The van der Waals surface area contributed by atoms with Gasteiger partial charge in [0, 0.05) is 11.1 Å². The fourth-order valence-corrected chi connectivity index (χ4v) is 3.90. The molecule has 22 heavy (non-hydrogen) atoms. The highest BCUT2D eigenvalue weighted by Gasteiger charge is 2.21. The van der Waals surface area contributed by atoms with E-state index in [1.807, 2.05) is 6.07 Å². The summed E-state index contributed by atoms with van der Waals surface area (Å²) in [5, 5.41) is 4.70. The summed E-state index contributed by atoms with van der Waals surface area (Å²) in [6, 6.07) is 6.84. The largest absolute Gasteiger partial charge is 0.310 e. The fourth-order valence-electron chi connectivity index (χ4n) is 3.57. The Labute approximate surface area is 141 Å². The van der Waals surface area contributed by atoms with E-state index in [1.165, 1.54) is 81.8 Å². The van der Waals surface area contributed by atoms with Gasteiger partial charge in [-0.05, 0) is 49.4 Å². The van der Waals surface area contributed by atoms with Crippen molar-refractivity contribution in [3.05, 3.63) is 34.3 Å². The second kappa shape index (κ2) is 10.3. The van der Waals surface area contributed by atoms with Gasteiger partial charge in [-0.2, -0.15) is 0 Å². The molecule has 0 spiro atoms. The highest BCUT2D eigenvalue weighted by atomic mass is 35.5. The Bertz CT molecular complexity index is 430. The van der Waals surface area contributed by atoms with E-state index < -0.39 is 0 Å². The molecule has 0 amide bonds. The van der Waals surface area contributed by atoms with Gasteiger partial charge in [0.05, 0.1) is 0 Å². The summed E-state index contributed by atoms with van der Waals surface area (Å²) in [7, 11) is 0. The van der Waals surface area contributed by atoms with Crippen molar-refractivity contribution in [3.63, 3.8) is 0 Å². The van der Waals surface area contributed by atoms with Crippen molar-refractivity contribution in [1.29, 1.82) is 0 Å². The van der Waals surface area contributed by atoms with Crippen LogP contribution >= 0.6 is 11.6 Å². The molecular formula is C20H32ClN. The maximum Gasteiger partial charge on any atom is 0.0456 e. The molecule has 124 valence electrons. The SMILES string of the molecule is CCCCCCCCCCN[C@@H]1CCCc2cccc(Cl)c21. The van der Waals surface area contributed by atoms with Gasteiger partial charge in [0.15, 0.2) is 0 Å². The molecule has 1 nitrogen and oxygen atoms in total. The predicted molar refractivity (Wildman–Crippen MR) is 97.7 cm³/mol. The van der Waals surface area contributed by atoms with Crippen molar-refractivity contribution in [2.24, 2.45) is 0 Å². The highest BCUT2D eigenvalue weighted by Crippen LogP contribution is 2.34. The minimum absolute atomic E-state index is 0.474. The summed E-state index contributed by atoms with van der Waals surface area (Å²) in [4.78, 5) is 0. The lowest BCUT2D eigenvalue weighted by Crippen LogP contribution is -2.26. The fraction of sp³-hybridized carbons (Fsp3) is 0.700. The molecule has 1 N–H and O–H groups in total. The molecule has 0 aliphatic heterocycles. The number of benzene rings is 1. The molecule has 2 rings (SSSR count). The maximum absolute atomic E-state index is 6.42. The van der Waals surface area contributed by atoms with E-state index in [0.717, 1.165) is 11.6 Å². The van der Waals surface area contributed by atoms with Crippen molar-refractivity contribution in [2.45, 2.75) is 83.6 Å². The molecule has 1 aliphatic rings. The number of halogens is 1. The third-order valence-electron chi connectivity index (χ3n) is 4.85. The van der Waals surface area contributed by atoms with Gasteiger partial charge in [-0.3, -0.25) is 0 Å². The van der Waals surface area contributed by atoms with Crippen LogP contribution in [0.4, 0.5) is 0 Å². The molecule has 0 saturated heterocycles. The van der Waals surface area contributed by atoms with Crippen LogP contribution in [0.15, 0.2) is 18.2 Å². The molecule has 0 saturated carbocycles. The molecule has 2 heteroatoms. The Morgan fingerprint density at radius 1 is 1.05 bits per heavy atom. The van der Waals surface area contributed by atoms with Crippen molar-refractivity contribution < 1.29 is 0 Å². The predicted octanol–water partition coefficient (Wildman–Crippen LogP) is 6.45. The first-order chi connectivity index (χ1) is 10.8. The first-order valence-electron chi connectivity index (χ1n) is 9.33. The average molecular weight is 322 g/mol. The number of hydrogen-bond acceptors (Lipinski definition) is 1. The van der Waals surface area contributed by atoms with Crippen molar-refractivity contribution in [1.82, 2.24) is 5.32 Å². The van der Waals surface area contributed by atoms with E-state index in [4.69, 9.17) is 11.6 Å². The Morgan fingerprint density at radius 2 is 1.77 bits per heavy atom. The number of unbranched alkanes of at least 4 members (excludes halogenated alkanes) is 7. The number of hydrogen-bond donors (Lipinski definition) is 1. The molecule has 0 unspecified atom stereocenters. The van der Waals surface area contributed by atoms with Gasteiger partial charge in [0.25, 0.3) is 0 Å². The molecule has 0 aromatic heterocycles. The Morgan fingerprint density at radius 3 is 2.55 bits per heavy atom. The normalized spacial score (nSPS) is 17.5. The molecule has 1 atom stereocenters. The van der Waals surface area contributed by atoms with Crippen molar-refractivity contribution >= 4 is 11.6 Å². The smallest absolute Gasteiger partial charge is 0.0456 e. The van der Waals surface area contributed by atoms with Gasteiger partial charge in [0.2, 0.25) is 0 Å². The van der Waals surface area contributed by atoms with Gasteiger partial charge in [0.1, 0.15) is 0 Å². The van der Waals surface area contributed by atoms with Crippen LogP contribution < -0.4 is 5.32 Å². The Balaban J connectivity index is 1.63. The lowest BCUT2D eigenvalue weighted by Gasteiger charge is -2.27. The van der Waals surface area contributed by atoms with Crippen LogP contribution in [0.5, 0.6) is 0 Å². The van der Waals surface area contributed by atoms with E-state index >= 15 is 0 Å². The second-order valence-corrected chi connectivity index (χ2v) is 7.09. The van der Waals surface area contributed by atoms with Gasteiger partial charge < -0.3 is 5.32 Å². The summed E-state index contributed by atoms with van der Waals surface area (Å²) in [5.41, 5.74) is 2.82. The lowest BCUT2D eigenvalue weighted by atomic mass is 9.87. The second-order valence-electron chi connectivity index (χ2n) is 6.69. The lowest BCUT2D eigenvalue weighted by molar-refractivity contribution is 0.447. The number of nitrogens with one attached hydrogen (secondary N) is 1. The van der Waals surface area contributed by atoms with Crippen molar-refractivity contribution in [2.75, 3.05) is 6.54 Å². The number of fused-ring (bicyclic) bond motifs is 1. The van der Waals surface area contributed by atoms with E-state index in [1.54, 1.807) is 0 Å². The minimum atomic E-state index is 0.474. The van der Waals surface area contributed by atoms with Crippen LogP contribution in [0.25, 0.3) is 0 Å². The first-order valence-corrected chi connectivity index (χ1v) is 9.71. The van der Waals surface area contributed by atoms with Gasteiger partial charge in [-0.15, -0.1) is 0 Å². The summed E-state index contributed by atoms with van der Waals surface area (Å²) < 4.78 is 0. The zero-order chi connectivity index (χ0) is 15.6. The van der Waals surface area contributed by atoms with Crippen LogP contribution in [0.3, 0.4) is 0 Å². The van der Waals surface area contributed by atoms with Gasteiger partial charge in [-0.1, -0.05) is 75.6 Å². The van der Waals surface area contributed by atoms with Crippen LogP contribution in [0.1, 0.15) is 88.3 Å². The average Bonchev–Trinajstić information content (AvgIpc) is 2.53. The quantitative estimate of drug-likeness (QED) is 0.488. The number of aryl methyl sites for hydroxylation is 1. The molecule has 1 aromatic rings. The van der Waals surface area contributed by atoms with E-state index in [2.05, 4.69) is 24.4 Å². The topological polar surface area (TPSA) is 12.0 Å². The van der Waals surface area contributed by atoms with E-state index in [0.29, 0.717) is 6.04 Å². The molecule has 1 aliphatic carbocycles. The van der Waals surface area contributed by atoms with Gasteiger partial charge >= 0.3 is 0 Å². The molecule has 1 aromatic carbocycles. The summed E-state index contributed by atoms with van der Waals surface area (Å²) >= 11 is 6.42. The van der Waals surface area contributed by atoms with Crippen LogP contribution in [0.2, 0.25) is 5.02 Å². The summed E-state index contributed by atoms with van der Waals surface area (Å²) in [6.07, 6.45) is 14.8. The Kier molecular flexibility index (Phi) is 8.33. The Hall–Kier alpha value is -0.530. The monoisotopic (exact) mass is 321 g/mol. The zero-order valence-corrected chi connectivity index (χ0v) is 14.9.